The van der Waals surface area contributed by atoms with E-state index >= 15 is 0 Å². The van der Waals surface area contributed by atoms with Gasteiger partial charge in [-0.05, 0) is 25.1 Å². The molecular weight excluding hydrogens is 446 g/mol. The summed E-state index contributed by atoms with van der Waals surface area (Å²) in [5, 5.41) is 1.67. The molecule has 2 aromatic rings. The summed E-state index contributed by atoms with van der Waals surface area (Å²) in [6.07, 6.45) is 4.50. The number of aryl methyl sites for hydroxylation is 1. The Morgan fingerprint density at radius 3 is 2.36 bits per heavy atom. The summed E-state index contributed by atoms with van der Waals surface area (Å²) < 4.78 is 6.49. The van der Waals surface area contributed by atoms with Crippen molar-refractivity contribution in [3.8, 4) is 0 Å². The van der Waals surface area contributed by atoms with Gasteiger partial charge in [-0.2, -0.15) is 0 Å². The molecule has 0 radical (unpaired) electrons. The fourth-order valence-corrected chi connectivity index (χ4v) is 9.63. The van der Waals surface area contributed by atoms with E-state index in [4.69, 9.17) is 4.42 Å². The molecular formula is C20H21Cl2OSiZr. The Labute approximate surface area is 178 Å². The first-order chi connectivity index (χ1) is 10.9. The van der Waals surface area contributed by atoms with Crippen LogP contribution in [0.1, 0.15) is 44.3 Å². The molecule has 0 saturated carbocycles. The maximum atomic E-state index is 5.78. The van der Waals surface area contributed by atoms with Gasteiger partial charge in [0.05, 0.1) is 8.07 Å². The fraction of sp³-hybridized carbons (Fsp3) is 0.300. The van der Waals surface area contributed by atoms with Crippen LogP contribution in [0.4, 0.5) is 0 Å². The summed E-state index contributed by atoms with van der Waals surface area (Å²) in [7, 11) is -1.10. The first-order valence-corrected chi connectivity index (χ1v) is 12.7. The van der Waals surface area contributed by atoms with Crippen molar-refractivity contribution in [2.45, 2.75) is 36.1 Å². The Kier molecular flexibility index (Phi) is 6.16. The van der Waals surface area contributed by atoms with Gasteiger partial charge in [0.15, 0.2) is 0 Å². The normalized spacial score (nSPS) is 22.8. The molecule has 0 spiro atoms. The first-order valence-electron chi connectivity index (χ1n) is 8.21. The van der Waals surface area contributed by atoms with Crippen molar-refractivity contribution in [3.63, 3.8) is 0 Å². The molecule has 0 saturated heterocycles. The van der Waals surface area contributed by atoms with Crippen molar-refractivity contribution < 1.29 is 54.0 Å². The number of furan rings is 1. The maximum absolute atomic E-state index is 5.78. The summed E-state index contributed by atoms with van der Waals surface area (Å²) in [5.74, 6) is 2.35. The van der Waals surface area contributed by atoms with Gasteiger partial charge in [0.1, 0.15) is 11.5 Å². The minimum atomic E-state index is -1.10. The molecule has 2 unspecified atom stereocenters. The fourth-order valence-electron chi connectivity index (χ4n) is 4.54. The first kappa shape index (κ1) is 21.0. The van der Waals surface area contributed by atoms with Crippen LogP contribution in [0.3, 0.4) is 0 Å². The van der Waals surface area contributed by atoms with Crippen molar-refractivity contribution in [2.75, 3.05) is 0 Å². The molecule has 1 aromatic heterocycles. The Morgan fingerprint density at radius 2 is 1.76 bits per heavy atom. The number of fused-ring (bicyclic) bond motifs is 1. The van der Waals surface area contributed by atoms with Crippen LogP contribution in [0.15, 0.2) is 46.4 Å². The van der Waals surface area contributed by atoms with Gasteiger partial charge < -0.3 is 29.2 Å². The molecule has 1 nitrogen and oxygen atoms in total. The van der Waals surface area contributed by atoms with Crippen LogP contribution < -0.4 is 24.8 Å². The summed E-state index contributed by atoms with van der Waals surface area (Å²) >= 11 is 1.59. The molecule has 2 bridgehead atoms. The number of hydrogen-bond donors (Lipinski definition) is 0. The van der Waals surface area contributed by atoms with Crippen molar-refractivity contribution in [3.05, 3.63) is 70.2 Å². The molecule has 1 aromatic carbocycles. The second-order valence-corrected chi connectivity index (χ2v) is 13.4. The Bertz CT molecular complexity index is 866. The molecule has 2 atom stereocenters. The zero-order chi connectivity index (χ0) is 16.4. The van der Waals surface area contributed by atoms with Crippen LogP contribution in [0.25, 0.3) is 11.3 Å². The van der Waals surface area contributed by atoms with Crippen LogP contribution in [0.2, 0.25) is 13.1 Å². The van der Waals surface area contributed by atoms with Crippen LogP contribution in [-0.4, -0.2) is 8.07 Å². The van der Waals surface area contributed by atoms with Gasteiger partial charge in [0, 0.05) is 11.1 Å². The third-order valence-corrected chi connectivity index (χ3v) is 10.7. The van der Waals surface area contributed by atoms with Crippen LogP contribution in [0.5, 0.6) is 0 Å². The van der Waals surface area contributed by atoms with E-state index in [1.54, 1.807) is 35.5 Å². The molecule has 2 aliphatic carbocycles. The van der Waals surface area contributed by atoms with Gasteiger partial charge in [-0.3, -0.25) is 0 Å². The van der Waals surface area contributed by atoms with Crippen LogP contribution in [0, 0.1) is 6.92 Å². The van der Waals surface area contributed by atoms with Gasteiger partial charge in [-0.25, -0.2) is 0 Å². The van der Waals surface area contributed by atoms with E-state index in [0.717, 1.165) is 5.76 Å². The topological polar surface area (TPSA) is 13.1 Å². The van der Waals surface area contributed by atoms with Crippen molar-refractivity contribution in [1.29, 1.82) is 0 Å². The van der Waals surface area contributed by atoms with Gasteiger partial charge in [0.2, 0.25) is 0 Å². The van der Waals surface area contributed by atoms with E-state index in [-0.39, 0.29) is 24.8 Å². The standard InChI is InChI=1S/C11H14OSi.C9H7.2ClH.Zr/c1-6-5-8-9(12-6)11-7(2)10(8)13(11,3)4;1-2-5-9-7-3-6-8(9)4-1;;;/h5,11H,1-4H3;1-7H;2*1H;/q;;;;+2/p-2. The van der Waals surface area contributed by atoms with E-state index in [2.05, 4.69) is 62.5 Å². The quantitative estimate of drug-likeness (QED) is 0.480. The van der Waals surface area contributed by atoms with Gasteiger partial charge in [0.25, 0.3) is 0 Å². The molecule has 5 heteroatoms. The number of hydrogen-bond acceptors (Lipinski definition) is 1. The number of halogens is 2. The van der Waals surface area contributed by atoms with Crippen LogP contribution in [-0.2, 0) is 24.7 Å². The Balaban J connectivity index is 0.000000172. The summed E-state index contributed by atoms with van der Waals surface area (Å²) in [6, 6.07) is 10.8. The van der Waals surface area contributed by atoms with Crippen molar-refractivity contribution in [2.24, 2.45) is 0 Å². The summed E-state index contributed by atoms with van der Waals surface area (Å²) in [5.41, 5.74) is 6.64. The SMILES string of the molecule is CC1=C2c3cc(C)oc3C1[Si]2(C)C.[Cl-].[Cl-].[Zr+2][CH]1C=Cc2ccccc21. The molecule has 25 heavy (non-hydrogen) atoms. The summed E-state index contributed by atoms with van der Waals surface area (Å²) in [4.78, 5) is 0. The second kappa shape index (κ2) is 7.35. The van der Waals surface area contributed by atoms with E-state index < -0.39 is 8.07 Å². The van der Waals surface area contributed by atoms with E-state index in [1.807, 2.05) is 6.92 Å². The molecule has 0 fully saturated rings. The molecule has 129 valence electrons. The zero-order valence-electron chi connectivity index (χ0n) is 14.9. The molecule has 6 rings (SSSR count). The van der Waals surface area contributed by atoms with E-state index in [9.17, 15) is 0 Å². The molecule has 2 aliphatic heterocycles. The van der Waals surface area contributed by atoms with Crippen molar-refractivity contribution in [1.82, 2.24) is 0 Å². The van der Waals surface area contributed by atoms with E-state index in [0.29, 0.717) is 9.17 Å². The Morgan fingerprint density at radius 1 is 1.08 bits per heavy atom. The molecule has 0 N–H and O–H groups in total. The van der Waals surface area contributed by atoms with Crippen molar-refractivity contribution >= 4 is 19.3 Å². The van der Waals surface area contributed by atoms with Gasteiger partial charge >= 0.3 is 75.9 Å². The Hall–Kier alpha value is -0.340. The minimum absolute atomic E-state index is 0. The molecule has 4 aliphatic rings. The number of benzene rings is 1. The summed E-state index contributed by atoms with van der Waals surface area (Å²) in [6.45, 7) is 9.21. The number of rotatable bonds is 0. The predicted molar refractivity (Wildman–Crippen MR) is 94.5 cm³/mol. The molecule has 3 heterocycles. The molecule has 0 amide bonds. The second-order valence-electron chi connectivity index (χ2n) is 7.31. The number of allylic oxidation sites excluding steroid dienone is 2. The average molecular weight is 468 g/mol. The van der Waals surface area contributed by atoms with Gasteiger partial charge in [-0.15, -0.1) is 0 Å². The predicted octanol–water partition coefficient (Wildman–Crippen LogP) is -0.432. The monoisotopic (exact) mass is 465 g/mol. The van der Waals surface area contributed by atoms with E-state index in [1.165, 1.54) is 22.5 Å². The van der Waals surface area contributed by atoms with Crippen LogP contribution >= 0.6 is 0 Å². The third kappa shape index (κ3) is 3.12. The third-order valence-electron chi connectivity index (χ3n) is 5.41. The average Bonchev–Trinajstić information content (AvgIpc) is 3.16. The zero-order valence-corrected chi connectivity index (χ0v) is 19.8. The van der Waals surface area contributed by atoms with Gasteiger partial charge in [-0.1, -0.05) is 18.7 Å².